The minimum absolute atomic E-state index is 0.00964. The number of carbonyl (C=O) groups is 3. The fraction of sp³-hybridized carbons (Fsp3) is 0.345. The molecule has 0 radical (unpaired) electrons. The number of primary amides is 1. The first-order valence-electron chi connectivity index (χ1n) is 14.6. The molecule has 2 atom stereocenters. The van der Waals surface area contributed by atoms with Crippen LogP contribution in [-0.2, 0) is 27.0 Å². The lowest BCUT2D eigenvalue weighted by atomic mass is 10.1. The van der Waals surface area contributed by atoms with E-state index in [0.717, 1.165) is 23.8 Å². The number of hydrogen-bond donors (Lipinski definition) is 3. The van der Waals surface area contributed by atoms with E-state index in [-0.39, 0.29) is 52.4 Å². The Morgan fingerprint density at radius 1 is 1.23 bits per heavy atom. The Morgan fingerprint density at radius 2 is 2.04 bits per heavy atom. The second-order valence-electron chi connectivity index (χ2n) is 11.0. The number of nitrogens with two attached hydrogens (primary N) is 1. The molecule has 3 aromatic heterocycles. The van der Waals surface area contributed by atoms with Crippen LogP contribution < -0.4 is 16.4 Å². The fourth-order valence-electron chi connectivity index (χ4n) is 5.83. The number of aromatic nitrogens is 5. The number of hydrogen-bond acceptors (Lipinski definition) is 11. The molecule has 0 spiro atoms. The zero-order chi connectivity index (χ0) is 34.2. The SMILES string of the molecule is N#CCn1cc(-c2cnc3c(Nc4ccc(C(=O)N5CCN([C@@H]6CCNC6)C(OC(=O)C(N)=O)C5)c(Cl)c4)nccn23)c(C(F)(F)F)n1. The number of amides is 2. The second kappa shape index (κ2) is 13.1. The molecule has 19 heteroatoms. The summed E-state index contributed by atoms with van der Waals surface area (Å²) < 4.78 is 49.1. The molecule has 2 amide bonds. The number of nitriles is 1. The molecule has 4 aromatic rings. The third-order valence-electron chi connectivity index (χ3n) is 8.04. The predicted molar refractivity (Wildman–Crippen MR) is 163 cm³/mol. The Kier molecular flexibility index (Phi) is 8.92. The van der Waals surface area contributed by atoms with Crippen molar-refractivity contribution in [1.29, 1.82) is 5.26 Å². The Labute approximate surface area is 275 Å². The lowest BCUT2D eigenvalue weighted by molar-refractivity contribution is -0.171. The Balaban J connectivity index is 1.21. The number of halogens is 4. The second-order valence-corrected chi connectivity index (χ2v) is 11.4. The number of benzene rings is 1. The third-order valence-corrected chi connectivity index (χ3v) is 8.35. The van der Waals surface area contributed by atoms with Crippen LogP contribution in [0.5, 0.6) is 0 Å². The third kappa shape index (κ3) is 6.47. The molecule has 0 bridgehead atoms. The molecule has 1 unspecified atom stereocenters. The number of carbonyl (C=O) groups excluding carboxylic acids is 3. The molecule has 2 fully saturated rings. The Bertz CT molecular complexity index is 1930. The van der Waals surface area contributed by atoms with Crippen LogP contribution in [0.15, 0.2) is 43.0 Å². The maximum absolute atomic E-state index is 13.8. The number of esters is 1. The highest BCUT2D eigenvalue weighted by molar-refractivity contribution is 6.34. The van der Waals surface area contributed by atoms with Crippen molar-refractivity contribution in [3.05, 3.63) is 59.3 Å². The van der Waals surface area contributed by atoms with Gasteiger partial charge in [-0.05, 0) is 31.2 Å². The number of alkyl halides is 3. The van der Waals surface area contributed by atoms with E-state index in [2.05, 4.69) is 25.7 Å². The molecule has 15 nitrogen and oxygen atoms in total. The molecule has 4 N–H and O–H groups in total. The molecule has 2 saturated heterocycles. The van der Waals surface area contributed by atoms with Crippen LogP contribution in [0, 0.1) is 11.3 Å². The maximum Gasteiger partial charge on any atom is 0.435 e. The van der Waals surface area contributed by atoms with Crippen molar-refractivity contribution in [2.24, 2.45) is 5.73 Å². The van der Waals surface area contributed by atoms with Gasteiger partial charge in [-0.25, -0.2) is 14.8 Å². The molecular formula is C29H27ClF3N11O4. The molecular weight excluding hydrogens is 659 g/mol. The van der Waals surface area contributed by atoms with Gasteiger partial charge in [0.25, 0.3) is 5.91 Å². The highest BCUT2D eigenvalue weighted by atomic mass is 35.5. The fourth-order valence-corrected chi connectivity index (χ4v) is 6.09. The van der Waals surface area contributed by atoms with E-state index >= 15 is 0 Å². The molecule has 6 rings (SSSR count). The summed E-state index contributed by atoms with van der Waals surface area (Å²) >= 11 is 6.56. The van der Waals surface area contributed by atoms with Crippen LogP contribution in [0.1, 0.15) is 22.5 Å². The predicted octanol–water partition coefficient (Wildman–Crippen LogP) is 2.01. The van der Waals surface area contributed by atoms with Crippen molar-refractivity contribution in [3.8, 4) is 17.3 Å². The molecule has 0 saturated carbocycles. The summed E-state index contributed by atoms with van der Waals surface area (Å²) in [5, 5.41) is 18.9. The van der Waals surface area contributed by atoms with Gasteiger partial charge < -0.3 is 26.0 Å². The van der Waals surface area contributed by atoms with Crippen molar-refractivity contribution in [2.75, 3.05) is 38.0 Å². The Morgan fingerprint density at radius 3 is 2.73 bits per heavy atom. The monoisotopic (exact) mass is 685 g/mol. The molecule has 5 heterocycles. The van der Waals surface area contributed by atoms with Gasteiger partial charge in [-0.1, -0.05) is 11.6 Å². The number of nitrogens with one attached hydrogen (secondary N) is 2. The smallest absolute Gasteiger partial charge is 0.435 e. The van der Waals surface area contributed by atoms with Gasteiger partial charge in [-0.3, -0.25) is 23.6 Å². The van der Waals surface area contributed by atoms with Gasteiger partial charge in [0, 0.05) is 50.0 Å². The van der Waals surface area contributed by atoms with Gasteiger partial charge in [0.15, 0.2) is 23.4 Å². The van der Waals surface area contributed by atoms with E-state index in [1.165, 1.54) is 40.0 Å². The number of anilines is 2. The van der Waals surface area contributed by atoms with E-state index in [4.69, 9.17) is 27.3 Å². The van der Waals surface area contributed by atoms with E-state index in [9.17, 15) is 27.6 Å². The van der Waals surface area contributed by atoms with Crippen LogP contribution in [0.3, 0.4) is 0 Å². The van der Waals surface area contributed by atoms with Crippen LogP contribution >= 0.6 is 11.6 Å². The average molecular weight is 686 g/mol. The quantitative estimate of drug-likeness (QED) is 0.191. The minimum atomic E-state index is -4.78. The number of imidazole rings is 1. The number of rotatable bonds is 7. The summed E-state index contributed by atoms with van der Waals surface area (Å²) in [5.74, 6) is -2.66. The van der Waals surface area contributed by atoms with Gasteiger partial charge in [0.05, 0.1) is 40.7 Å². The average Bonchev–Trinajstić information content (AvgIpc) is 3.81. The standard InChI is InChI=1S/C29H27ClF3N11O4/c30-20-11-16(1-2-18(20)27(46)41-9-10-43(17-3-5-36-12-17)22(15-41)48-28(47)24(35)45)39-25-26-38-13-21(44(26)8-6-37-25)19-14-42(7-4-34)40-23(19)29(31,32)33/h1-2,6,8,11,13-14,17,22,36H,3,5,7,9-10,12,15H2,(H2,35,45)(H,37,39)/t17-,22?/m1/s1. The van der Waals surface area contributed by atoms with Crippen molar-refractivity contribution < 1.29 is 32.3 Å². The minimum Gasteiger partial charge on any atom is -0.437 e. The van der Waals surface area contributed by atoms with Crippen LogP contribution in [0.25, 0.3) is 16.9 Å². The van der Waals surface area contributed by atoms with Gasteiger partial charge in [-0.15, -0.1) is 0 Å². The maximum atomic E-state index is 13.8. The molecule has 0 aliphatic carbocycles. The highest BCUT2D eigenvalue weighted by Crippen LogP contribution is 2.37. The molecule has 2 aliphatic heterocycles. The largest absolute Gasteiger partial charge is 0.437 e. The van der Waals surface area contributed by atoms with Crippen LogP contribution in [0.2, 0.25) is 5.02 Å². The first-order chi connectivity index (χ1) is 22.9. The van der Waals surface area contributed by atoms with Crippen molar-refractivity contribution in [2.45, 2.75) is 31.4 Å². The zero-order valence-electron chi connectivity index (χ0n) is 24.9. The molecule has 2 aliphatic rings. The zero-order valence-corrected chi connectivity index (χ0v) is 25.7. The van der Waals surface area contributed by atoms with E-state index in [1.54, 1.807) is 12.1 Å². The summed E-state index contributed by atoms with van der Waals surface area (Å²) in [4.78, 5) is 49.0. The lowest BCUT2D eigenvalue weighted by Crippen LogP contribution is -2.60. The number of piperazine rings is 1. The first kappa shape index (κ1) is 32.7. The van der Waals surface area contributed by atoms with Crippen LogP contribution in [-0.4, -0.2) is 96.7 Å². The summed E-state index contributed by atoms with van der Waals surface area (Å²) in [7, 11) is 0. The van der Waals surface area contributed by atoms with Gasteiger partial charge >= 0.3 is 18.1 Å². The normalized spacial score (nSPS) is 18.5. The highest BCUT2D eigenvalue weighted by Gasteiger charge is 2.39. The number of nitrogens with zero attached hydrogens (tertiary/aromatic N) is 8. The van der Waals surface area contributed by atoms with Crippen molar-refractivity contribution in [3.63, 3.8) is 0 Å². The first-order valence-corrected chi connectivity index (χ1v) is 15.0. The van der Waals surface area contributed by atoms with Crippen molar-refractivity contribution >= 4 is 46.5 Å². The molecule has 1 aromatic carbocycles. The van der Waals surface area contributed by atoms with E-state index in [1.807, 2.05) is 4.90 Å². The number of fused-ring (bicyclic) bond motifs is 1. The lowest BCUT2D eigenvalue weighted by Gasteiger charge is -2.43. The molecule has 250 valence electrons. The van der Waals surface area contributed by atoms with Gasteiger partial charge in [-0.2, -0.15) is 23.5 Å². The van der Waals surface area contributed by atoms with Crippen molar-refractivity contribution in [1.82, 2.24) is 39.3 Å². The summed E-state index contributed by atoms with van der Waals surface area (Å²) in [6.07, 6.45) is 0.340. The van der Waals surface area contributed by atoms with E-state index in [0.29, 0.717) is 25.3 Å². The van der Waals surface area contributed by atoms with E-state index < -0.39 is 35.9 Å². The van der Waals surface area contributed by atoms with Gasteiger partial charge in [0.2, 0.25) is 0 Å². The molecule has 48 heavy (non-hydrogen) atoms. The number of ether oxygens (including phenoxy) is 1. The van der Waals surface area contributed by atoms with Gasteiger partial charge in [0.1, 0.15) is 6.54 Å². The Hall–Kier alpha value is -5.25. The summed E-state index contributed by atoms with van der Waals surface area (Å²) in [6, 6.07) is 6.39. The summed E-state index contributed by atoms with van der Waals surface area (Å²) in [6.45, 7) is 1.78. The summed E-state index contributed by atoms with van der Waals surface area (Å²) in [5.41, 5.74) is 4.53. The topological polar surface area (TPSA) is 189 Å². The van der Waals surface area contributed by atoms with Crippen LogP contribution in [0.4, 0.5) is 24.7 Å².